The molecule has 0 bridgehead atoms. The molecule has 0 fully saturated rings. The Morgan fingerprint density at radius 3 is 2.43 bits per heavy atom. The molecule has 0 saturated heterocycles. The van der Waals surface area contributed by atoms with Crippen LogP contribution in [0.1, 0.15) is 17.3 Å². The first-order valence-electron chi connectivity index (χ1n) is 5.56. The van der Waals surface area contributed by atoms with Gasteiger partial charge in [0.05, 0.1) is 21.5 Å². The smallest absolute Gasteiger partial charge is 0.337 e. The minimum atomic E-state index is -4.28. The molecular weight excluding hydrogens is 327 g/mol. The summed E-state index contributed by atoms with van der Waals surface area (Å²) in [7, 11) is -2.97. The molecule has 0 aliphatic rings. The van der Waals surface area contributed by atoms with Gasteiger partial charge < -0.3 is 10.4 Å². The summed E-state index contributed by atoms with van der Waals surface area (Å²) < 4.78 is 39.5. The third kappa shape index (κ3) is 3.90. The molecular formula is C11H12ClFN2O5S. The number of hydrogen-bond donors (Lipinski definition) is 3. The highest BCUT2D eigenvalue weighted by atomic mass is 35.5. The van der Waals surface area contributed by atoms with E-state index in [1.807, 2.05) is 4.72 Å². The van der Waals surface area contributed by atoms with Crippen molar-refractivity contribution in [3.05, 3.63) is 28.5 Å². The van der Waals surface area contributed by atoms with E-state index in [2.05, 4.69) is 5.32 Å². The van der Waals surface area contributed by atoms with Gasteiger partial charge in [-0.3, -0.25) is 4.79 Å². The lowest BCUT2D eigenvalue weighted by Crippen LogP contribution is -2.43. The zero-order chi connectivity index (χ0) is 16.4. The summed E-state index contributed by atoms with van der Waals surface area (Å²) in [5, 5.41) is 10.4. The zero-order valence-electron chi connectivity index (χ0n) is 11.0. The van der Waals surface area contributed by atoms with Gasteiger partial charge in [-0.1, -0.05) is 11.6 Å². The van der Waals surface area contributed by atoms with Crippen molar-refractivity contribution >= 4 is 33.5 Å². The molecule has 0 aliphatic carbocycles. The van der Waals surface area contributed by atoms with Crippen molar-refractivity contribution in [3.8, 4) is 0 Å². The minimum Gasteiger partial charge on any atom is -0.478 e. The van der Waals surface area contributed by atoms with Crippen LogP contribution in [0.3, 0.4) is 0 Å². The number of benzene rings is 1. The molecule has 1 aromatic carbocycles. The van der Waals surface area contributed by atoms with Gasteiger partial charge >= 0.3 is 5.97 Å². The molecule has 0 aromatic heterocycles. The van der Waals surface area contributed by atoms with Gasteiger partial charge in [-0.15, -0.1) is 0 Å². The Balaban J connectivity index is 3.27. The fraction of sp³-hybridized carbons (Fsp3) is 0.273. The number of amides is 1. The average molecular weight is 339 g/mol. The van der Waals surface area contributed by atoms with Crippen molar-refractivity contribution in [3.63, 3.8) is 0 Å². The van der Waals surface area contributed by atoms with Crippen LogP contribution in [0, 0.1) is 5.82 Å². The van der Waals surface area contributed by atoms with Crippen molar-refractivity contribution in [2.45, 2.75) is 17.9 Å². The van der Waals surface area contributed by atoms with E-state index in [4.69, 9.17) is 16.7 Å². The van der Waals surface area contributed by atoms with E-state index in [0.717, 1.165) is 0 Å². The summed E-state index contributed by atoms with van der Waals surface area (Å²) in [6, 6.07) is 0.173. The molecule has 21 heavy (non-hydrogen) atoms. The molecule has 0 heterocycles. The lowest BCUT2D eigenvalue weighted by molar-refractivity contribution is -0.121. The van der Waals surface area contributed by atoms with Crippen molar-refractivity contribution in [1.29, 1.82) is 0 Å². The van der Waals surface area contributed by atoms with E-state index in [1.165, 1.54) is 14.0 Å². The SMILES string of the molecule is CNC(=O)C(C)NS(=O)(=O)c1cc(F)c(Cl)c(C(=O)O)c1. The number of carboxylic acids is 1. The molecule has 0 spiro atoms. The van der Waals surface area contributed by atoms with Crippen molar-refractivity contribution in [2.75, 3.05) is 7.05 Å². The first-order chi connectivity index (χ1) is 9.60. The van der Waals surface area contributed by atoms with Gasteiger partial charge in [-0.25, -0.2) is 17.6 Å². The molecule has 1 aromatic rings. The lowest BCUT2D eigenvalue weighted by atomic mass is 10.2. The van der Waals surface area contributed by atoms with Crippen LogP contribution in [0.2, 0.25) is 5.02 Å². The minimum absolute atomic E-state index is 0.577. The fourth-order valence-electron chi connectivity index (χ4n) is 1.45. The number of nitrogens with one attached hydrogen (secondary N) is 2. The second-order valence-corrected chi connectivity index (χ2v) is 6.12. The van der Waals surface area contributed by atoms with Gasteiger partial charge in [0.25, 0.3) is 0 Å². The Bertz CT molecular complexity index is 692. The molecule has 0 radical (unpaired) electrons. The van der Waals surface area contributed by atoms with Crippen LogP contribution in [0.25, 0.3) is 0 Å². The Labute approximate surface area is 125 Å². The predicted molar refractivity (Wildman–Crippen MR) is 72.2 cm³/mol. The Hall–Kier alpha value is -1.71. The highest BCUT2D eigenvalue weighted by Gasteiger charge is 2.25. The summed E-state index contributed by atoms with van der Waals surface area (Å²) in [4.78, 5) is 21.5. The van der Waals surface area contributed by atoms with Crippen LogP contribution in [-0.4, -0.2) is 38.5 Å². The van der Waals surface area contributed by atoms with Crippen LogP contribution in [0.5, 0.6) is 0 Å². The summed E-state index contributed by atoms with van der Waals surface area (Å²) in [5.74, 6) is -3.37. The zero-order valence-corrected chi connectivity index (χ0v) is 12.5. The van der Waals surface area contributed by atoms with E-state index in [-0.39, 0.29) is 0 Å². The van der Waals surface area contributed by atoms with Gasteiger partial charge in [-0.05, 0) is 19.1 Å². The van der Waals surface area contributed by atoms with Crippen LogP contribution < -0.4 is 10.0 Å². The van der Waals surface area contributed by atoms with Crippen LogP contribution in [0.4, 0.5) is 4.39 Å². The highest BCUT2D eigenvalue weighted by Crippen LogP contribution is 2.24. The number of carboxylic acid groups (broad SMARTS) is 1. The van der Waals surface area contributed by atoms with E-state index in [1.54, 1.807) is 0 Å². The van der Waals surface area contributed by atoms with Crippen molar-refractivity contribution in [1.82, 2.24) is 10.0 Å². The number of likely N-dealkylation sites (N-methyl/N-ethyl adjacent to an activating group) is 1. The molecule has 1 rings (SSSR count). The topological polar surface area (TPSA) is 113 Å². The number of carbonyl (C=O) groups excluding carboxylic acids is 1. The summed E-state index contributed by atoms with van der Waals surface area (Å²) in [6.45, 7) is 1.28. The Morgan fingerprint density at radius 1 is 1.38 bits per heavy atom. The summed E-state index contributed by atoms with van der Waals surface area (Å²) >= 11 is 5.45. The van der Waals surface area contributed by atoms with Gasteiger partial charge in [0, 0.05) is 7.05 Å². The lowest BCUT2D eigenvalue weighted by Gasteiger charge is -2.13. The maximum atomic E-state index is 13.5. The third-order valence-electron chi connectivity index (χ3n) is 2.51. The molecule has 0 aliphatic heterocycles. The number of sulfonamides is 1. The first-order valence-corrected chi connectivity index (χ1v) is 7.42. The largest absolute Gasteiger partial charge is 0.478 e. The molecule has 0 saturated carbocycles. The molecule has 116 valence electrons. The summed E-state index contributed by atoms with van der Waals surface area (Å²) in [6.07, 6.45) is 0. The maximum absolute atomic E-state index is 13.5. The average Bonchev–Trinajstić information content (AvgIpc) is 2.39. The van der Waals surface area contributed by atoms with Crippen molar-refractivity contribution < 1.29 is 27.5 Å². The van der Waals surface area contributed by atoms with Gasteiger partial charge in [0.1, 0.15) is 5.82 Å². The number of halogens is 2. The predicted octanol–water partition coefficient (Wildman–Crippen LogP) is 0.590. The number of hydrogen-bond acceptors (Lipinski definition) is 4. The first kappa shape index (κ1) is 17.3. The second kappa shape index (κ2) is 6.37. The monoisotopic (exact) mass is 338 g/mol. The molecule has 7 nitrogen and oxygen atoms in total. The van der Waals surface area contributed by atoms with E-state index in [9.17, 15) is 22.4 Å². The van der Waals surface area contributed by atoms with Crippen LogP contribution in [-0.2, 0) is 14.8 Å². The van der Waals surface area contributed by atoms with E-state index in [0.29, 0.717) is 12.1 Å². The normalized spacial score (nSPS) is 12.8. The quantitative estimate of drug-likeness (QED) is 0.727. The Kier molecular flexibility index (Phi) is 5.26. The van der Waals surface area contributed by atoms with Crippen LogP contribution >= 0.6 is 11.6 Å². The molecule has 1 amide bonds. The number of carbonyl (C=O) groups is 2. The Morgan fingerprint density at radius 2 is 1.95 bits per heavy atom. The van der Waals surface area contributed by atoms with Gasteiger partial charge in [0.15, 0.2) is 0 Å². The highest BCUT2D eigenvalue weighted by molar-refractivity contribution is 7.89. The van der Waals surface area contributed by atoms with Crippen LogP contribution in [0.15, 0.2) is 17.0 Å². The molecule has 1 unspecified atom stereocenters. The summed E-state index contributed by atoms with van der Waals surface area (Å²) in [5.41, 5.74) is -0.690. The van der Waals surface area contributed by atoms with Gasteiger partial charge in [-0.2, -0.15) is 4.72 Å². The second-order valence-electron chi connectivity index (χ2n) is 4.03. The molecule has 1 atom stereocenters. The number of aromatic carboxylic acids is 1. The standard InChI is InChI=1S/C11H12ClFN2O5S/c1-5(10(16)14-2)15-21(19,20)6-3-7(11(17)18)9(12)8(13)4-6/h3-5,15H,1-2H3,(H,14,16)(H,17,18). The number of rotatable bonds is 5. The fourth-order valence-corrected chi connectivity index (χ4v) is 2.88. The maximum Gasteiger partial charge on any atom is 0.337 e. The third-order valence-corrected chi connectivity index (χ3v) is 4.42. The van der Waals surface area contributed by atoms with E-state index < -0.39 is 49.2 Å². The molecule has 10 heteroatoms. The molecule has 3 N–H and O–H groups in total. The van der Waals surface area contributed by atoms with E-state index >= 15 is 0 Å². The van der Waals surface area contributed by atoms with Gasteiger partial charge in [0.2, 0.25) is 15.9 Å². The van der Waals surface area contributed by atoms with Crippen molar-refractivity contribution in [2.24, 2.45) is 0 Å².